The van der Waals surface area contributed by atoms with Gasteiger partial charge in [-0.25, -0.2) is 0 Å². The molecule has 0 aromatic carbocycles. The van der Waals surface area contributed by atoms with Gasteiger partial charge in [0.15, 0.2) is 0 Å². The molecule has 0 N–H and O–H groups in total. The van der Waals surface area contributed by atoms with Crippen molar-refractivity contribution < 1.29 is 0 Å². The molecule has 14 heavy (non-hydrogen) atoms. The third-order valence-electron chi connectivity index (χ3n) is 2.32. The van der Waals surface area contributed by atoms with Crippen molar-refractivity contribution in [2.24, 2.45) is 0 Å². The zero-order valence-electron chi connectivity index (χ0n) is 8.86. The second-order valence-corrected chi connectivity index (χ2v) is 3.62. The van der Waals surface area contributed by atoms with E-state index in [1.54, 1.807) is 0 Å². The second kappa shape index (κ2) is 8.55. The molecule has 1 rings (SSSR count). The number of allylic oxidation sites excluding steroid dienone is 8. The highest BCUT2D eigenvalue weighted by Crippen LogP contribution is 2.06. The Morgan fingerprint density at radius 3 is 1.36 bits per heavy atom. The highest BCUT2D eigenvalue weighted by Gasteiger charge is 1.87. The smallest absolute Gasteiger partial charge is 0.0348 e. The van der Waals surface area contributed by atoms with Crippen LogP contribution in [0.1, 0.15) is 38.5 Å². The van der Waals surface area contributed by atoms with Gasteiger partial charge in [-0.15, -0.1) is 0 Å². The highest BCUT2D eigenvalue weighted by molar-refractivity contribution is 5.15. The molecule has 0 heterocycles. The maximum absolute atomic E-state index is 2.26. The van der Waals surface area contributed by atoms with Gasteiger partial charge in [0.25, 0.3) is 0 Å². The Labute approximate surface area is 87.7 Å². The van der Waals surface area contributed by atoms with E-state index in [0.29, 0.717) is 0 Å². The molecule has 0 amide bonds. The van der Waals surface area contributed by atoms with E-state index >= 15 is 0 Å². The van der Waals surface area contributed by atoms with Crippen LogP contribution in [0.25, 0.3) is 0 Å². The van der Waals surface area contributed by atoms with Crippen molar-refractivity contribution in [3.05, 3.63) is 48.6 Å². The second-order valence-electron chi connectivity index (χ2n) is 3.62. The van der Waals surface area contributed by atoms with E-state index in [1.165, 1.54) is 38.5 Å². The van der Waals surface area contributed by atoms with E-state index in [4.69, 9.17) is 0 Å². The first-order valence-electron chi connectivity index (χ1n) is 5.65. The summed E-state index contributed by atoms with van der Waals surface area (Å²) in [7, 11) is 0. The summed E-state index contributed by atoms with van der Waals surface area (Å²) in [5.74, 6) is 0. The van der Waals surface area contributed by atoms with Crippen LogP contribution < -0.4 is 0 Å². The highest BCUT2D eigenvalue weighted by atomic mass is 13.9. The Morgan fingerprint density at radius 2 is 0.857 bits per heavy atom. The molecule has 1 aliphatic carbocycles. The van der Waals surface area contributed by atoms with Crippen LogP contribution in [0, 0.1) is 0 Å². The summed E-state index contributed by atoms with van der Waals surface area (Å²) in [4.78, 5) is 0. The minimum atomic E-state index is 1.23. The predicted octanol–water partition coefficient (Wildman–Crippen LogP) is 4.57. The van der Waals surface area contributed by atoms with Crippen molar-refractivity contribution >= 4 is 0 Å². The Kier molecular flexibility index (Phi) is 6.74. The quantitative estimate of drug-likeness (QED) is 0.522. The molecule has 1 aliphatic rings. The van der Waals surface area contributed by atoms with Crippen molar-refractivity contribution in [3.8, 4) is 0 Å². The standard InChI is InChI=1S/C14H20/c1-2-4-6-8-10-12-14-13-11-9-7-5-3-1/h1-8H,9-14H2/b3-1-,4-2+,7-5?,8-6-. The zero-order valence-corrected chi connectivity index (χ0v) is 8.86. The van der Waals surface area contributed by atoms with Crippen LogP contribution in [-0.4, -0.2) is 0 Å². The fourth-order valence-corrected chi connectivity index (χ4v) is 1.48. The summed E-state index contributed by atoms with van der Waals surface area (Å²) in [6.45, 7) is 0. The Balaban J connectivity index is 2.36. The van der Waals surface area contributed by atoms with Gasteiger partial charge in [0.05, 0.1) is 0 Å². The summed E-state index contributed by atoms with van der Waals surface area (Å²) in [6.07, 6.45) is 25.0. The lowest BCUT2D eigenvalue weighted by Crippen LogP contribution is -1.76. The van der Waals surface area contributed by atoms with Crippen LogP contribution in [-0.2, 0) is 0 Å². The first-order valence-corrected chi connectivity index (χ1v) is 5.65. The van der Waals surface area contributed by atoms with Gasteiger partial charge < -0.3 is 0 Å². The lowest BCUT2D eigenvalue weighted by molar-refractivity contribution is 0.652. The first-order chi connectivity index (χ1) is 7.00. The molecule has 0 nitrogen and oxygen atoms in total. The van der Waals surface area contributed by atoms with Crippen molar-refractivity contribution in [1.82, 2.24) is 0 Å². The van der Waals surface area contributed by atoms with E-state index in [-0.39, 0.29) is 0 Å². The molecule has 0 fully saturated rings. The lowest BCUT2D eigenvalue weighted by atomic mass is 10.1. The van der Waals surface area contributed by atoms with Crippen LogP contribution in [0.3, 0.4) is 0 Å². The molecule has 0 unspecified atom stereocenters. The fourth-order valence-electron chi connectivity index (χ4n) is 1.48. The maximum Gasteiger partial charge on any atom is -0.0348 e. The fraction of sp³-hybridized carbons (Fsp3) is 0.429. The van der Waals surface area contributed by atoms with Crippen molar-refractivity contribution in [2.75, 3.05) is 0 Å². The average molecular weight is 188 g/mol. The van der Waals surface area contributed by atoms with Gasteiger partial charge in [0.2, 0.25) is 0 Å². The predicted molar refractivity (Wildman–Crippen MR) is 64.3 cm³/mol. The zero-order chi connectivity index (χ0) is 9.90. The van der Waals surface area contributed by atoms with E-state index in [9.17, 15) is 0 Å². The average Bonchev–Trinajstić information content (AvgIpc) is 2.22. The number of hydrogen-bond acceptors (Lipinski definition) is 0. The van der Waals surface area contributed by atoms with Crippen molar-refractivity contribution in [2.45, 2.75) is 38.5 Å². The Hall–Kier alpha value is -1.04. The van der Waals surface area contributed by atoms with Gasteiger partial charge in [-0.05, 0) is 25.7 Å². The maximum atomic E-state index is 2.26. The van der Waals surface area contributed by atoms with E-state index in [2.05, 4.69) is 48.6 Å². The molecule has 0 aliphatic heterocycles. The van der Waals surface area contributed by atoms with Gasteiger partial charge in [0.1, 0.15) is 0 Å². The SMILES string of the molecule is C1=CCCCCCC\C=C/C=C/C=C\1. The van der Waals surface area contributed by atoms with Gasteiger partial charge in [-0.1, -0.05) is 61.4 Å². The molecular formula is C14H20. The summed E-state index contributed by atoms with van der Waals surface area (Å²) in [5, 5.41) is 0. The van der Waals surface area contributed by atoms with Crippen LogP contribution in [0.5, 0.6) is 0 Å². The molecule has 76 valence electrons. The summed E-state index contributed by atoms with van der Waals surface area (Å²) in [6, 6.07) is 0. The number of rotatable bonds is 0. The van der Waals surface area contributed by atoms with Crippen molar-refractivity contribution in [1.29, 1.82) is 0 Å². The molecule has 0 aromatic heterocycles. The number of hydrogen-bond donors (Lipinski definition) is 0. The summed E-state index contributed by atoms with van der Waals surface area (Å²) in [5.41, 5.74) is 0. The van der Waals surface area contributed by atoms with Crippen LogP contribution in [0.15, 0.2) is 48.6 Å². The van der Waals surface area contributed by atoms with Gasteiger partial charge in [-0.3, -0.25) is 0 Å². The van der Waals surface area contributed by atoms with Crippen LogP contribution in [0.4, 0.5) is 0 Å². The van der Waals surface area contributed by atoms with Gasteiger partial charge >= 0.3 is 0 Å². The minimum Gasteiger partial charge on any atom is -0.0845 e. The normalized spacial score (nSPS) is 26.3. The molecule has 0 bridgehead atoms. The van der Waals surface area contributed by atoms with E-state index in [1.807, 2.05) is 0 Å². The third kappa shape index (κ3) is 6.47. The lowest BCUT2D eigenvalue weighted by Gasteiger charge is -1.96. The molecular weight excluding hydrogens is 168 g/mol. The molecule has 0 saturated heterocycles. The van der Waals surface area contributed by atoms with E-state index in [0.717, 1.165) is 0 Å². The van der Waals surface area contributed by atoms with Crippen molar-refractivity contribution in [3.63, 3.8) is 0 Å². The first kappa shape index (κ1) is 11.0. The van der Waals surface area contributed by atoms with Crippen LogP contribution in [0.2, 0.25) is 0 Å². The molecule has 0 spiro atoms. The molecule has 0 heteroatoms. The molecule has 0 radical (unpaired) electrons. The monoisotopic (exact) mass is 188 g/mol. The molecule has 0 atom stereocenters. The molecule has 0 aromatic rings. The Morgan fingerprint density at radius 1 is 0.429 bits per heavy atom. The van der Waals surface area contributed by atoms with Gasteiger partial charge in [-0.2, -0.15) is 0 Å². The summed E-state index contributed by atoms with van der Waals surface area (Å²) >= 11 is 0. The Bertz CT molecular complexity index is 202. The van der Waals surface area contributed by atoms with Crippen LogP contribution >= 0.6 is 0 Å². The van der Waals surface area contributed by atoms with Gasteiger partial charge in [0, 0.05) is 0 Å². The third-order valence-corrected chi connectivity index (χ3v) is 2.32. The largest absolute Gasteiger partial charge is 0.0845 e. The molecule has 0 saturated carbocycles. The topological polar surface area (TPSA) is 0 Å². The minimum absolute atomic E-state index is 1.23. The van der Waals surface area contributed by atoms with E-state index < -0.39 is 0 Å². The summed E-state index contributed by atoms with van der Waals surface area (Å²) < 4.78 is 0.